The van der Waals surface area contributed by atoms with Gasteiger partial charge in [0.2, 0.25) is 11.8 Å². The maximum Gasteiger partial charge on any atom is 0.246 e. The van der Waals surface area contributed by atoms with Crippen molar-refractivity contribution < 1.29 is 9.59 Å². The molecule has 6 nitrogen and oxygen atoms in total. The van der Waals surface area contributed by atoms with Crippen LogP contribution in [0.25, 0.3) is 0 Å². The summed E-state index contributed by atoms with van der Waals surface area (Å²) in [6, 6.07) is 17.4. The topological polar surface area (TPSA) is 85.3 Å². The Kier molecular flexibility index (Phi) is 5.70. The molecule has 158 valence electrons. The zero-order chi connectivity index (χ0) is 22.1. The number of likely N-dealkylation sites (N-methyl/N-ethyl adjacent to an activating group) is 1. The van der Waals surface area contributed by atoms with Gasteiger partial charge in [-0.3, -0.25) is 19.9 Å². The van der Waals surface area contributed by atoms with E-state index in [4.69, 9.17) is 5.41 Å². The summed E-state index contributed by atoms with van der Waals surface area (Å²) in [5.74, 6) is -1.43. The van der Waals surface area contributed by atoms with Gasteiger partial charge in [0, 0.05) is 13.6 Å². The molecular weight excluding hydrogens is 376 g/mol. The van der Waals surface area contributed by atoms with E-state index in [1.54, 1.807) is 14.0 Å². The van der Waals surface area contributed by atoms with Gasteiger partial charge in [0.1, 0.15) is 5.54 Å². The van der Waals surface area contributed by atoms with E-state index in [1.807, 2.05) is 54.6 Å². The minimum Gasteiger partial charge on any atom is -0.350 e. The van der Waals surface area contributed by atoms with Crippen molar-refractivity contribution in [3.63, 3.8) is 0 Å². The summed E-state index contributed by atoms with van der Waals surface area (Å²) in [5, 5.41) is 14.1. The van der Waals surface area contributed by atoms with Gasteiger partial charge in [0.15, 0.2) is 5.96 Å². The summed E-state index contributed by atoms with van der Waals surface area (Å²) < 4.78 is 0. The number of hydrogen-bond acceptors (Lipinski definition) is 3. The smallest absolute Gasteiger partial charge is 0.246 e. The molecule has 1 fully saturated rings. The fourth-order valence-electron chi connectivity index (χ4n) is 3.75. The van der Waals surface area contributed by atoms with E-state index in [2.05, 4.69) is 31.4 Å². The normalized spacial score (nSPS) is 21.9. The zero-order valence-corrected chi connectivity index (χ0v) is 18.2. The first-order valence-electron chi connectivity index (χ1n) is 10.1. The minimum atomic E-state index is -1.28. The Hall–Kier alpha value is -3.15. The van der Waals surface area contributed by atoms with Crippen LogP contribution in [0.3, 0.4) is 0 Å². The van der Waals surface area contributed by atoms with Crippen molar-refractivity contribution in [1.29, 1.82) is 5.41 Å². The van der Waals surface area contributed by atoms with Gasteiger partial charge in [-0.1, -0.05) is 75.4 Å². The molecule has 2 aromatic carbocycles. The highest BCUT2D eigenvalue weighted by atomic mass is 16.2. The van der Waals surface area contributed by atoms with Crippen LogP contribution >= 0.6 is 0 Å². The van der Waals surface area contributed by atoms with Crippen molar-refractivity contribution >= 4 is 17.8 Å². The zero-order valence-electron chi connectivity index (χ0n) is 18.2. The molecule has 0 saturated carbocycles. The first-order valence-corrected chi connectivity index (χ1v) is 10.1. The molecule has 1 heterocycles. The number of nitrogens with one attached hydrogen (secondary N) is 3. The van der Waals surface area contributed by atoms with Crippen LogP contribution in [0.4, 0.5) is 0 Å². The van der Waals surface area contributed by atoms with Gasteiger partial charge in [0.05, 0.1) is 5.92 Å². The van der Waals surface area contributed by atoms with Gasteiger partial charge < -0.3 is 10.6 Å². The lowest BCUT2D eigenvalue weighted by Gasteiger charge is -2.44. The molecule has 1 unspecified atom stereocenters. The molecule has 1 saturated heterocycles. The first-order chi connectivity index (χ1) is 14.0. The van der Waals surface area contributed by atoms with Crippen LogP contribution in [0.2, 0.25) is 0 Å². The molecule has 30 heavy (non-hydrogen) atoms. The van der Waals surface area contributed by atoms with E-state index in [0.717, 1.165) is 16.7 Å². The number of rotatable bonds is 4. The van der Waals surface area contributed by atoms with Crippen molar-refractivity contribution in [3.8, 4) is 0 Å². The third-order valence-corrected chi connectivity index (χ3v) is 5.75. The predicted octanol–water partition coefficient (Wildman–Crippen LogP) is 3.14. The van der Waals surface area contributed by atoms with E-state index in [-0.39, 0.29) is 23.2 Å². The van der Waals surface area contributed by atoms with Crippen molar-refractivity contribution in [2.45, 2.75) is 51.1 Å². The highest BCUT2D eigenvalue weighted by Gasteiger charge is 2.52. The van der Waals surface area contributed by atoms with Crippen LogP contribution in [0.15, 0.2) is 54.6 Å². The Morgan fingerprint density at radius 2 is 1.73 bits per heavy atom. The summed E-state index contributed by atoms with van der Waals surface area (Å²) >= 11 is 0. The molecule has 0 aromatic heterocycles. The predicted molar refractivity (Wildman–Crippen MR) is 118 cm³/mol. The van der Waals surface area contributed by atoms with Crippen molar-refractivity contribution in [2.75, 3.05) is 7.05 Å². The molecule has 2 atom stereocenters. The molecular formula is C24H30N4O2. The number of hydrogen-bond donors (Lipinski definition) is 3. The summed E-state index contributed by atoms with van der Waals surface area (Å²) in [6.07, 6.45) is 0. The number of benzene rings is 2. The fraction of sp³-hybridized carbons (Fsp3) is 0.375. The number of guanidine groups is 1. The highest BCUT2D eigenvalue weighted by molar-refractivity contribution is 6.08. The molecule has 1 aliphatic heterocycles. The van der Waals surface area contributed by atoms with Crippen LogP contribution in [-0.4, -0.2) is 35.3 Å². The summed E-state index contributed by atoms with van der Waals surface area (Å²) in [7, 11) is 1.55. The Balaban J connectivity index is 1.93. The molecule has 3 rings (SSSR count). The average Bonchev–Trinajstić information content (AvgIpc) is 2.71. The van der Waals surface area contributed by atoms with Crippen LogP contribution in [0.1, 0.15) is 50.3 Å². The number of carbonyl (C=O) groups is 2. The van der Waals surface area contributed by atoms with Gasteiger partial charge in [-0.2, -0.15) is 0 Å². The fourth-order valence-corrected chi connectivity index (χ4v) is 3.75. The molecule has 0 bridgehead atoms. The third-order valence-electron chi connectivity index (χ3n) is 5.75. The summed E-state index contributed by atoms with van der Waals surface area (Å²) in [5.41, 5.74) is 1.58. The van der Waals surface area contributed by atoms with Crippen LogP contribution < -0.4 is 10.6 Å². The molecule has 6 heteroatoms. The largest absolute Gasteiger partial charge is 0.350 e. The van der Waals surface area contributed by atoms with Crippen LogP contribution in [0.5, 0.6) is 0 Å². The molecule has 0 radical (unpaired) electrons. The van der Waals surface area contributed by atoms with Gasteiger partial charge in [-0.25, -0.2) is 0 Å². The Labute approximate surface area is 178 Å². The third kappa shape index (κ3) is 4.08. The Bertz CT molecular complexity index is 947. The van der Waals surface area contributed by atoms with E-state index >= 15 is 0 Å². The molecule has 0 spiro atoms. The number of nitrogens with zero attached hydrogens (tertiary/aromatic N) is 1. The monoisotopic (exact) mass is 406 g/mol. The van der Waals surface area contributed by atoms with Gasteiger partial charge in [-0.15, -0.1) is 0 Å². The second-order valence-corrected chi connectivity index (χ2v) is 9.05. The Morgan fingerprint density at radius 3 is 2.30 bits per heavy atom. The van der Waals surface area contributed by atoms with Crippen LogP contribution in [-0.2, 0) is 21.5 Å². The lowest BCUT2D eigenvalue weighted by molar-refractivity contribution is -0.139. The molecule has 2 aromatic rings. The second-order valence-electron chi connectivity index (χ2n) is 9.05. The van der Waals surface area contributed by atoms with Gasteiger partial charge in [0.25, 0.3) is 0 Å². The maximum atomic E-state index is 13.3. The van der Waals surface area contributed by atoms with E-state index < -0.39 is 11.5 Å². The van der Waals surface area contributed by atoms with Gasteiger partial charge in [-0.05, 0) is 29.0 Å². The van der Waals surface area contributed by atoms with E-state index in [0.29, 0.717) is 6.54 Å². The van der Waals surface area contributed by atoms with E-state index in [9.17, 15) is 9.59 Å². The van der Waals surface area contributed by atoms with Crippen molar-refractivity contribution in [3.05, 3.63) is 71.3 Å². The molecule has 1 aliphatic rings. The highest BCUT2D eigenvalue weighted by Crippen LogP contribution is 2.35. The van der Waals surface area contributed by atoms with Crippen molar-refractivity contribution in [2.24, 2.45) is 0 Å². The number of carbonyl (C=O) groups excluding carboxylic acids is 2. The van der Waals surface area contributed by atoms with Gasteiger partial charge >= 0.3 is 0 Å². The summed E-state index contributed by atoms with van der Waals surface area (Å²) in [4.78, 5) is 27.7. The maximum absolute atomic E-state index is 13.3. The molecule has 2 amide bonds. The van der Waals surface area contributed by atoms with Crippen LogP contribution in [0, 0.1) is 5.41 Å². The van der Waals surface area contributed by atoms with E-state index in [1.165, 1.54) is 4.90 Å². The standard InChI is InChI=1S/C24H30N4O2/c1-23(2,3)18-13-11-17(12-14-18)19-20(29)28(5)22(25)27-24(19,4)21(30)26-15-16-9-7-6-8-10-16/h6-14,19H,15H2,1-5H3,(H2,25,27)(H,26,30)/t19-,24?/m1/s1. The Morgan fingerprint density at radius 1 is 1.13 bits per heavy atom. The number of amides is 2. The average molecular weight is 407 g/mol. The lowest BCUT2D eigenvalue weighted by Crippen LogP contribution is -2.69. The minimum absolute atomic E-state index is 0.0113. The first kappa shape index (κ1) is 21.6. The molecule has 0 aliphatic carbocycles. The molecule has 3 N–H and O–H groups in total. The SMILES string of the molecule is CN1C(=N)NC(C)(C(=O)NCc2ccccc2)[C@H](c2ccc(C(C)(C)C)cc2)C1=O. The summed E-state index contributed by atoms with van der Waals surface area (Å²) in [6.45, 7) is 8.43. The van der Waals surface area contributed by atoms with Crippen molar-refractivity contribution in [1.82, 2.24) is 15.5 Å². The quantitative estimate of drug-likeness (QED) is 0.729. The lowest BCUT2D eigenvalue weighted by atomic mass is 9.76. The second kappa shape index (κ2) is 7.94.